The van der Waals surface area contributed by atoms with Gasteiger partial charge in [-0.25, -0.2) is 25.2 Å². The summed E-state index contributed by atoms with van der Waals surface area (Å²) in [6.45, 7) is -1.20. The summed E-state index contributed by atoms with van der Waals surface area (Å²) in [6, 6.07) is 3.09. The van der Waals surface area contributed by atoms with Crippen LogP contribution in [0.1, 0.15) is 6.92 Å². The molecule has 0 aromatic heterocycles. The van der Waals surface area contributed by atoms with Crippen LogP contribution in [0, 0.1) is 0 Å². The molecule has 1 atom stereocenters. The molecule has 0 fully saturated rings. The Morgan fingerprint density at radius 1 is 0.571 bits per heavy atom. The highest BCUT2D eigenvalue weighted by Gasteiger charge is 2.31. The summed E-state index contributed by atoms with van der Waals surface area (Å²) in [5.41, 5.74) is -2.78. The van der Waals surface area contributed by atoms with Crippen molar-refractivity contribution in [3.05, 3.63) is 42.5 Å². The van der Waals surface area contributed by atoms with Gasteiger partial charge in [-0.2, -0.15) is 43.9 Å². The zero-order valence-electron chi connectivity index (χ0n) is 36.1. The molecule has 0 saturated carbocycles. The summed E-state index contributed by atoms with van der Waals surface area (Å²) >= 11 is 0. The molecule has 0 saturated heterocycles. The van der Waals surface area contributed by atoms with E-state index in [0.717, 1.165) is 59.6 Å². The van der Waals surface area contributed by atoms with Gasteiger partial charge in [-0.15, -0.1) is 10.2 Å². The highest BCUT2D eigenvalue weighted by molar-refractivity contribution is 7.92. The van der Waals surface area contributed by atoms with E-state index in [1.165, 1.54) is 0 Å². The number of nitrogens with one attached hydrogen (secondary N) is 1. The van der Waals surface area contributed by atoms with Crippen molar-refractivity contribution in [1.82, 2.24) is 0 Å². The predicted molar refractivity (Wildman–Crippen MR) is 235 cm³/mol. The Labute approximate surface area is 397 Å². The van der Waals surface area contributed by atoms with Crippen molar-refractivity contribution >= 4 is 106 Å². The fourth-order valence-electron chi connectivity index (χ4n) is 5.79. The Balaban J connectivity index is 1.83. The van der Waals surface area contributed by atoms with Gasteiger partial charge in [0.1, 0.15) is 59.6 Å². The first-order chi connectivity index (χ1) is 32.2. The molecule has 0 aliphatic rings. The lowest BCUT2D eigenvalue weighted by atomic mass is 10.1. The number of ketones is 1. The minimum Gasteiger partial charge on any atom is -0.505 e. The molecule has 1 unspecified atom stereocenters. The lowest BCUT2D eigenvalue weighted by molar-refractivity contribution is -0.126. The number of hydrogen-bond acceptors (Lipinski definition) is 25. The van der Waals surface area contributed by atoms with Crippen LogP contribution in [0.5, 0.6) is 28.7 Å². The number of amides is 1. The van der Waals surface area contributed by atoms with Gasteiger partial charge in [-0.3, -0.25) is 27.8 Å². The number of carbonyl (C=O) groups excluding carboxylic acids is 2. The van der Waals surface area contributed by atoms with Crippen LogP contribution in [-0.2, 0) is 78.7 Å². The minimum absolute atomic E-state index is 0.373. The first-order valence-corrected chi connectivity index (χ1v) is 27.2. The molecular formula is C34H37N5O25S6. The van der Waals surface area contributed by atoms with E-state index in [0.29, 0.717) is 18.2 Å². The number of ether oxygens (including phenoxy) is 4. The van der Waals surface area contributed by atoms with Crippen LogP contribution in [0.25, 0.3) is 10.8 Å². The molecule has 70 heavy (non-hydrogen) atoms. The standard InChI is InChI=1S/C34H37N5O25S6/c1-17(40)31(38-36-20-13-25(61-4)28(15-23(20)59-2)65(43,44)8-6-63-69(53,54)55)34(42)35-22-12-19-18(10-27(22)67(47,48)49)11-30(68(50,51)52)32(33(19)41)39-37-21-14-26(62-5)29(16-24(21)60-3)66(45,46)9-7-64-70(56,57)58/h10-16,31,41H,6-9H2,1-5H3,(H,35,42)(H,47,48,49)(H,50,51,52)(H,53,54,55)(H,56,57,58). The van der Waals surface area contributed by atoms with E-state index in [2.05, 4.69) is 28.8 Å². The molecule has 384 valence electrons. The van der Waals surface area contributed by atoms with Crippen LogP contribution in [0.2, 0.25) is 0 Å². The Morgan fingerprint density at radius 2 is 1.00 bits per heavy atom. The summed E-state index contributed by atoms with van der Waals surface area (Å²) in [5, 5.41) is 27.3. The van der Waals surface area contributed by atoms with E-state index < -0.39 is 174 Å². The second-order valence-corrected chi connectivity index (χ2v) is 22.6. The second kappa shape index (κ2) is 21.5. The topological polar surface area (TPSA) is 457 Å². The largest absolute Gasteiger partial charge is 0.505 e. The van der Waals surface area contributed by atoms with Gasteiger partial charge < -0.3 is 29.4 Å². The number of Topliss-reactive ketones (excluding diaryl/α,β-unsaturated/α-hetero) is 1. The van der Waals surface area contributed by atoms with Crippen molar-refractivity contribution in [3.8, 4) is 28.7 Å². The second-order valence-electron chi connectivity index (χ2n) is 13.5. The molecule has 4 rings (SSSR count). The molecule has 0 bridgehead atoms. The van der Waals surface area contributed by atoms with Crippen LogP contribution in [0.15, 0.2) is 82.5 Å². The minimum atomic E-state index is -5.42. The van der Waals surface area contributed by atoms with E-state index in [1.807, 2.05) is 5.32 Å². The number of fused-ring (bicyclic) bond motifs is 1. The maximum atomic E-state index is 13.6. The monoisotopic (exact) mass is 1110 g/mol. The maximum absolute atomic E-state index is 13.6. The number of aromatic hydroxyl groups is 1. The van der Waals surface area contributed by atoms with Gasteiger partial charge in [0.05, 0.1) is 58.8 Å². The lowest BCUT2D eigenvalue weighted by Gasteiger charge is -2.16. The van der Waals surface area contributed by atoms with Crippen LogP contribution >= 0.6 is 0 Å². The van der Waals surface area contributed by atoms with Crippen molar-refractivity contribution in [2.45, 2.75) is 32.5 Å². The number of azo groups is 2. The number of phenols is 1. The number of nitrogens with zero attached hydrogens (tertiary/aromatic N) is 4. The number of sulfone groups is 2. The summed E-state index contributed by atoms with van der Waals surface area (Å²) in [6.07, 6.45) is 0. The summed E-state index contributed by atoms with van der Waals surface area (Å²) in [4.78, 5) is 22.8. The normalized spacial score (nSPS) is 13.4. The van der Waals surface area contributed by atoms with Gasteiger partial charge in [0.2, 0.25) is 6.04 Å². The number of phenolic OH excluding ortho intramolecular Hbond substituents is 1. The third-order valence-electron chi connectivity index (χ3n) is 8.91. The van der Waals surface area contributed by atoms with Crippen molar-refractivity contribution in [3.63, 3.8) is 0 Å². The third-order valence-corrected chi connectivity index (χ3v) is 15.0. The lowest BCUT2D eigenvalue weighted by Crippen LogP contribution is -2.32. The highest BCUT2D eigenvalue weighted by atomic mass is 32.3. The molecule has 6 N–H and O–H groups in total. The molecule has 4 aromatic rings. The molecular weight excluding hydrogens is 1070 g/mol. The van der Waals surface area contributed by atoms with Gasteiger partial charge in [-0.1, -0.05) is 0 Å². The summed E-state index contributed by atoms with van der Waals surface area (Å²) in [7, 11) is -25.7. The Kier molecular flexibility index (Phi) is 17.4. The predicted octanol–water partition coefficient (Wildman–Crippen LogP) is 2.35. The van der Waals surface area contributed by atoms with E-state index >= 15 is 0 Å². The molecule has 0 spiro atoms. The first kappa shape index (κ1) is 56.5. The average molecular weight is 1110 g/mol. The quantitative estimate of drug-likeness (QED) is 0.0353. The summed E-state index contributed by atoms with van der Waals surface area (Å²) < 4.78 is 213. The van der Waals surface area contributed by atoms with E-state index in [-0.39, 0.29) is 11.4 Å². The van der Waals surface area contributed by atoms with Crippen LogP contribution < -0.4 is 24.3 Å². The van der Waals surface area contributed by atoms with E-state index in [1.54, 1.807) is 0 Å². The van der Waals surface area contributed by atoms with Crippen molar-refractivity contribution < 1.29 is 111 Å². The fourth-order valence-corrected chi connectivity index (χ4v) is 10.4. The molecule has 0 heterocycles. The molecule has 0 radical (unpaired) electrons. The van der Waals surface area contributed by atoms with Gasteiger partial charge in [0.15, 0.2) is 31.2 Å². The van der Waals surface area contributed by atoms with Gasteiger partial charge in [-0.05, 0) is 30.5 Å². The molecule has 30 nitrogen and oxygen atoms in total. The number of benzene rings is 4. The molecule has 0 aliphatic carbocycles. The van der Waals surface area contributed by atoms with Gasteiger partial charge in [0.25, 0.3) is 26.1 Å². The summed E-state index contributed by atoms with van der Waals surface area (Å²) in [5.74, 6) is -7.45. The van der Waals surface area contributed by atoms with Gasteiger partial charge in [0, 0.05) is 29.7 Å². The van der Waals surface area contributed by atoms with Crippen molar-refractivity contribution in [1.29, 1.82) is 0 Å². The number of hydrogen-bond donors (Lipinski definition) is 6. The first-order valence-electron chi connectivity index (χ1n) is 18.3. The van der Waals surface area contributed by atoms with Crippen LogP contribution in [0.3, 0.4) is 0 Å². The van der Waals surface area contributed by atoms with Gasteiger partial charge >= 0.3 is 20.8 Å². The number of methoxy groups -OCH3 is 4. The zero-order chi connectivity index (χ0) is 52.9. The molecule has 36 heteroatoms. The fraction of sp³-hybridized carbons (Fsp3) is 0.294. The molecule has 1 amide bonds. The third kappa shape index (κ3) is 14.1. The molecule has 4 aromatic carbocycles. The smallest absolute Gasteiger partial charge is 0.397 e. The molecule has 0 aliphatic heterocycles. The zero-order valence-corrected chi connectivity index (χ0v) is 41.0. The Bertz CT molecular complexity index is 3510. The number of rotatable bonds is 23. The van der Waals surface area contributed by atoms with E-state index in [4.69, 9.17) is 28.1 Å². The SMILES string of the molecule is COc1cc(S(=O)(=O)CCOS(=O)(=O)O)c(OC)cc1N=Nc1c(S(=O)(=O)O)cc2cc(S(=O)(=O)O)c(NC(=O)C(N=Nc3cc(OC)c(S(=O)(=O)CCOS(=O)(=O)O)cc3OC)C(C)=O)cc2c1O. The number of anilines is 1. The van der Waals surface area contributed by atoms with Crippen molar-refractivity contribution in [2.24, 2.45) is 20.5 Å². The van der Waals surface area contributed by atoms with Crippen LogP contribution in [-0.4, -0.2) is 145 Å². The van der Waals surface area contributed by atoms with Crippen LogP contribution in [0.4, 0.5) is 22.7 Å². The van der Waals surface area contributed by atoms with E-state index in [9.17, 15) is 74.3 Å². The van der Waals surface area contributed by atoms with Crippen molar-refractivity contribution in [2.75, 3.05) is 58.5 Å². The number of carbonyl (C=O) groups is 2. The maximum Gasteiger partial charge on any atom is 0.397 e. The highest BCUT2D eigenvalue weighted by Crippen LogP contribution is 2.45. The Hall–Kier alpha value is -6.06. The Morgan fingerprint density at radius 3 is 1.40 bits per heavy atom. The average Bonchev–Trinajstić information content (AvgIpc) is 3.23.